The zero-order chi connectivity index (χ0) is 17.4. The third kappa shape index (κ3) is 3.09. The summed E-state index contributed by atoms with van der Waals surface area (Å²) in [7, 11) is 0. The minimum absolute atomic E-state index is 0.0478. The fourth-order valence-corrected chi connectivity index (χ4v) is 3.48. The molecule has 1 aliphatic rings. The average Bonchev–Trinajstić information content (AvgIpc) is 3.09. The maximum absolute atomic E-state index is 12.7. The van der Waals surface area contributed by atoms with E-state index in [4.69, 9.17) is 11.6 Å². The molecule has 3 aromatic rings. The Hall–Kier alpha value is -2.47. The van der Waals surface area contributed by atoms with E-state index >= 15 is 0 Å². The van der Waals surface area contributed by atoms with Crippen molar-refractivity contribution in [3.8, 4) is 0 Å². The molecular weight excluding hydrogens is 338 g/mol. The largest absolute Gasteiger partial charge is 0.356 e. The molecule has 1 aliphatic heterocycles. The standard InChI is InChI=1S/C18H18ClN5O/c1-12-10-16(24-18(22-12)20-11-21-24)23-8-6-14(7-9-23)17(25)13-2-4-15(19)5-3-13/h2-5,10-11,14H,6-9H2,1H3. The molecule has 6 nitrogen and oxygen atoms in total. The summed E-state index contributed by atoms with van der Waals surface area (Å²) in [6.07, 6.45) is 3.15. The van der Waals surface area contributed by atoms with Crippen LogP contribution < -0.4 is 4.90 Å². The molecule has 1 aromatic carbocycles. The number of rotatable bonds is 3. The summed E-state index contributed by atoms with van der Waals surface area (Å²) in [4.78, 5) is 23.5. The van der Waals surface area contributed by atoms with Crippen molar-refractivity contribution in [2.45, 2.75) is 19.8 Å². The number of aryl methyl sites for hydroxylation is 1. The minimum Gasteiger partial charge on any atom is -0.356 e. The summed E-state index contributed by atoms with van der Waals surface area (Å²) in [6.45, 7) is 3.57. The first kappa shape index (κ1) is 16.0. The zero-order valence-corrected chi connectivity index (χ0v) is 14.6. The van der Waals surface area contributed by atoms with Gasteiger partial charge in [-0.1, -0.05) is 11.6 Å². The van der Waals surface area contributed by atoms with Gasteiger partial charge in [-0.2, -0.15) is 14.6 Å². The molecule has 0 aliphatic carbocycles. The van der Waals surface area contributed by atoms with E-state index in [0.29, 0.717) is 10.8 Å². The van der Waals surface area contributed by atoms with E-state index in [1.807, 2.05) is 25.1 Å². The first-order valence-corrected chi connectivity index (χ1v) is 8.72. The Morgan fingerprint density at radius 3 is 2.64 bits per heavy atom. The molecule has 0 saturated carbocycles. The summed E-state index contributed by atoms with van der Waals surface area (Å²) in [5, 5.41) is 4.92. The van der Waals surface area contributed by atoms with Gasteiger partial charge >= 0.3 is 0 Å². The number of Topliss-reactive ketones (excluding diaryl/α,β-unsaturated/α-hetero) is 1. The van der Waals surface area contributed by atoms with E-state index in [2.05, 4.69) is 20.0 Å². The van der Waals surface area contributed by atoms with Crippen LogP contribution in [0.15, 0.2) is 36.7 Å². The Bertz CT molecular complexity index is 913. The van der Waals surface area contributed by atoms with E-state index in [1.54, 1.807) is 16.6 Å². The van der Waals surface area contributed by atoms with Crippen LogP contribution in [-0.4, -0.2) is 38.5 Å². The second kappa shape index (κ2) is 6.44. The lowest BCUT2D eigenvalue weighted by Gasteiger charge is -2.32. The number of hydrogen-bond acceptors (Lipinski definition) is 5. The summed E-state index contributed by atoms with van der Waals surface area (Å²) < 4.78 is 1.76. The van der Waals surface area contributed by atoms with E-state index in [1.165, 1.54) is 6.33 Å². The molecule has 3 heterocycles. The highest BCUT2D eigenvalue weighted by Gasteiger charge is 2.27. The molecule has 1 saturated heterocycles. The monoisotopic (exact) mass is 355 g/mol. The molecule has 7 heteroatoms. The van der Waals surface area contributed by atoms with Gasteiger partial charge in [0, 0.05) is 41.4 Å². The second-order valence-corrected chi connectivity index (χ2v) is 6.80. The van der Waals surface area contributed by atoms with Crippen LogP contribution in [0.25, 0.3) is 5.78 Å². The van der Waals surface area contributed by atoms with E-state index < -0.39 is 0 Å². The van der Waals surface area contributed by atoms with Crippen molar-refractivity contribution in [1.82, 2.24) is 19.6 Å². The Morgan fingerprint density at radius 1 is 1.20 bits per heavy atom. The Kier molecular flexibility index (Phi) is 4.13. The van der Waals surface area contributed by atoms with Crippen molar-refractivity contribution in [3.63, 3.8) is 0 Å². The van der Waals surface area contributed by atoms with Gasteiger partial charge < -0.3 is 4.90 Å². The van der Waals surface area contributed by atoms with Crippen LogP contribution in [0.3, 0.4) is 0 Å². The topological polar surface area (TPSA) is 63.4 Å². The molecule has 0 N–H and O–H groups in total. The molecular formula is C18H18ClN5O. The Labute approximate surface area is 150 Å². The molecule has 128 valence electrons. The number of anilines is 1. The summed E-state index contributed by atoms with van der Waals surface area (Å²) in [5.41, 5.74) is 1.65. The number of hydrogen-bond donors (Lipinski definition) is 0. The molecule has 25 heavy (non-hydrogen) atoms. The van der Waals surface area contributed by atoms with Gasteiger partial charge in [-0.05, 0) is 44.0 Å². The van der Waals surface area contributed by atoms with Crippen molar-refractivity contribution in [2.24, 2.45) is 5.92 Å². The smallest absolute Gasteiger partial charge is 0.254 e. The highest BCUT2D eigenvalue weighted by molar-refractivity contribution is 6.30. The van der Waals surface area contributed by atoms with Crippen LogP contribution in [0, 0.1) is 12.8 Å². The number of aromatic nitrogens is 4. The molecule has 1 fully saturated rings. The number of ketones is 1. The van der Waals surface area contributed by atoms with Gasteiger partial charge in [-0.3, -0.25) is 4.79 Å². The highest BCUT2D eigenvalue weighted by atomic mass is 35.5. The SMILES string of the molecule is Cc1cc(N2CCC(C(=O)c3ccc(Cl)cc3)CC2)n2ncnc2n1. The van der Waals surface area contributed by atoms with Gasteiger partial charge in [0.15, 0.2) is 5.78 Å². The molecule has 0 spiro atoms. The molecule has 0 radical (unpaired) electrons. The van der Waals surface area contributed by atoms with Crippen LogP contribution in [0.2, 0.25) is 5.02 Å². The van der Waals surface area contributed by atoms with Gasteiger partial charge in [-0.15, -0.1) is 0 Å². The summed E-state index contributed by atoms with van der Waals surface area (Å²) in [6, 6.07) is 9.17. The number of fused-ring (bicyclic) bond motifs is 1. The number of carbonyl (C=O) groups is 1. The second-order valence-electron chi connectivity index (χ2n) is 6.36. The number of benzene rings is 1. The van der Waals surface area contributed by atoms with Crippen LogP contribution in [0.4, 0.5) is 5.82 Å². The van der Waals surface area contributed by atoms with Crippen LogP contribution >= 0.6 is 11.6 Å². The van der Waals surface area contributed by atoms with Crippen molar-refractivity contribution in [3.05, 3.63) is 52.9 Å². The number of nitrogens with zero attached hydrogens (tertiary/aromatic N) is 5. The highest BCUT2D eigenvalue weighted by Crippen LogP contribution is 2.26. The predicted molar refractivity (Wildman–Crippen MR) is 96.2 cm³/mol. The lowest BCUT2D eigenvalue weighted by molar-refractivity contribution is 0.0900. The first-order valence-electron chi connectivity index (χ1n) is 8.34. The number of piperidine rings is 1. The maximum atomic E-state index is 12.7. The minimum atomic E-state index is 0.0478. The molecule has 0 atom stereocenters. The lowest BCUT2D eigenvalue weighted by Crippen LogP contribution is -2.37. The third-order valence-electron chi connectivity index (χ3n) is 4.68. The quantitative estimate of drug-likeness (QED) is 0.675. The van der Waals surface area contributed by atoms with Gasteiger partial charge in [-0.25, -0.2) is 4.98 Å². The van der Waals surface area contributed by atoms with Gasteiger partial charge in [0.05, 0.1) is 0 Å². The molecule has 0 amide bonds. The van der Waals surface area contributed by atoms with Gasteiger partial charge in [0.1, 0.15) is 12.1 Å². The van der Waals surface area contributed by atoms with Gasteiger partial charge in [0.25, 0.3) is 5.78 Å². The maximum Gasteiger partial charge on any atom is 0.254 e. The molecule has 0 unspecified atom stereocenters. The molecule has 4 rings (SSSR count). The van der Waals surface area contributed by atoms with E-state index in [-0.39, 0.29) is 11.7 Å². The predicted octanol–water partition coefficient (Wildman–Crippen LogP) is 3.19. The van der Waals surface area contributed by atoms with Crippen molar-refractivity contribution < 1.29 is 4.79 Å². The van der Waals surface area contributed by atoms with Crippen LogP contribution in [0.5, 0.6) is 0 Å². The normalized spacial score (nSPS) is 15.7. The van der Waals surface area contributed by atoms with Crippen LogP contribution in [-0.2, 0) is 0 Å². The third-order valence-corrected chi connectivity index (χ3v) is 4.93. The summed E-state index contributed by atoms with van der Waals surface area (Å²) >= 11 is 5.90. The number of carbonyl (C=O) groups excluding carboxylic acids is 1. The fraction of sp³-hybridized carbons (Fsp3) is 0.333. The van der Waals surface area contributed by atoms with Crippen molar-refractivity contribution in [1.29, 1.82) is 0 Å². The van der Waals surface area contributed by atoms with Crippen molar-refractivity contribution in [2.75, 3.05) is 18.0 Å². The number of halogens is 1. The van der Waals surface area contributed by atoms with Crippen molar-refractivity contribution >= 4 is 29.0 Å². The van der Waals surface area contributed by atoms with E-state index in [0.717, 1.165) is 43.0 Å². The fourth-order valence-electron chi connectivity index (χ4n) is 3.36. The Balaban J connectivity index is 1.50. The van der Waals surface area contributed by atoms with Crippen LogP contribution in [0.1, 0.15) is 28.9 Å². The first-order chi connectivity index (χ1) is 12.1. The average molecular weight is 356 g/mol. The lowest BCUT2D eigenvalue weighted by atomic mass is 9.89. The molecule has 2 aromatic heterocycles. The zero-order valence-electron chi connectivity index (χ0n) is 13.9. The summed E-state index contributed by atoms with van der Waals surface area (Å²) in [5.74, 6) is 1.84. The Morgan fingerprint density at radius 2 is 1.92 bits per heavy atom. The molecule has 0 bridgehead atoms. The van der Waals surface area contributed by atoms with E-state index in [9.17, 15) is 4.79 Å². The van der Waals surface area contributed by atoms with Gasteiger partial charge in [0.2, 0.25) is 0 Å².